The second kappa shape index (κ2) is 31.7. The second-order valence-electron chi connectivity index (χ2n) is 19.9. The molecule has 1 aliphatic rings. The van der Waals surface area contributed by atoms with E-state index < -0.39 is 47.5 Å². The number of benzene rings is 1. The van der Waals surface area contributed by atoms with Crippen LogP contribution in [-0.4, -0.2) is 146 Å². The van der Waals surface area contributed by atoms with Gasteiger partial charge in [0, 0.05) is 56.1 Å². The first kappa shape index (κ1) is 60.6. The molecule has 1 aromatic carbocycles. The largest absolute Gasteiger partial charge is 0.481 e. The molecule has 2 heterocycles. The number of carboxylic acids is 1. The molecule has 19 heteroatoms. The van der Waals surface area contributed by atoms with E-state index in [1.165, 1.54) is 18.3 Å². The van der Waals surface area contributed by atoms with Gasteiger partial charge in [0.1, 0.15) is 16.7 Å². The first-order valence-corrected chi connectivity index (χ1v) is 26.6. The molecule has 4 amide bonds. The number of nitrogens with one attached hydrogen (secondary N) is 4. The highest BCUT2D eigenvalue weighted by Crippen LogP contribution is 2.33. The highest BCUT2D eigenvalue weighted by atomic mass is 32.1. The topological polar surface area (TPSA) is 244 Å². The molecule has 1 fully saturated rings. The van der Waals surface area contributed by atoms with Crippen molar-refractivity contribution >= 4 is 52.6 Å². The minimum atomic E-state index is -1.18. The number of nitrogens with two attached hydrogens (primary N) is 1. The average Bonchev–Trinajstić information content (AvgIpc) is 3.83. The summed E-state index contributed by atoms with van der Waals surface area (Å²) < 4.78 is 16.7. The van der Waals surface area contributed by atoms with Gasteiger partial charge in [-0.15, -0.1) is 11.3 Å². The Labute approximate surface area is 426 Å². The molecular formula is C52H86N8O10S. The first-order chi connectivity index (χ1) is 33.8. The Morgan fingerprint density at radius 1 is 0.972 bits per heavy atom. The molecule has 0 saturated carbocycles. The van der Waals surface area contributed by atoms with E-state index in [0.29, 0.717) is 69.6 Å². The summed E-state index contributed by atoms with van der Waals surface area (Å²) in [6.07, 6.45) is 6.86. The van der Waals surface area contributed by atoms with Gasteiger partial charge in [-0.1, -0.05) is 78.9 Å². The van der Waals surface area contributed by atoms with Crippen LogP contribution < -0.4 is 27.0 Å². The number of carbonyl (C=O) groups excluding carboxylic acids is 5. The lowest BCUT2D eigenvalue weighted by atomic mass is 9.84. The summed E-state index contributed by atoms with van der Waals surface area (Å²) in [4.78, 5) is 88.9. The number of amides is 4. The fourth-order valence-corrected chi connectivity index (χ4v) is 9.52. The minimum absolute atomic E-state index is 0.0444. The summed E-state index contributed by atoms with van der Waals surface area (Å²) in [7, 11) is 1.95. The molecule has 1 aromatic heterocycles. The minimum Gasteiger partial charge on any atom is -0.481 e. The number of hydrogen-bond donors (Lipinski definition) is 6. The van der Waals surface area contributed by atoms with Crippen molar-refractivity contribution in [1.82, 2.24) is 30.7 Å². The quantitative estimate of drug-likeness (QED) is 0.0351. The van der Waals surface area contributed by atoms with Gasteiger partial charge < -0.3 is 51.2 Å². The fraction of sp³-hybridized carbons (Fsp3) is 0.712. The van der Waals surface area contributed by atoms with Gasteiger partial charge >= 0.3 is 11.9 Å². The normalized spacial score (nSPS) is 16.3. The zero-order valence-electron chi connectivity index (χ0n) is 44.0. The number of esters is 1. The van der Waals surface area contributed by atoms with E-state index in [4.69, 9.17) is 24.9 Å². The third kappa shape index (κ3) is 21.1. The Bertz CT molecular complexity index is 1950. The van der Waals surface area contributed by atoms with E-state index in [1.54, 1.807) is 19.2 Å². The number of hydrogen-bond acceptors (Lipinski definition) is 14. The molecule has 18 nitrogen and oxygen atoms in total. The summed E-state index contributed by atoms with van der Waals surface area (Å²) in [5.41, 5.74) is 5.83. The van der Waals surface area contributed by atoms with E-state index in [-0.39, 0.29) is 60.7 Å². The molecule has 0 aliphatic carbocycles. The first-order valence-electron chi connectivity index (χ1n) is 25.7. The van der Waals surface area contributed by atoms with Crippen molar-refractivity contribution < 1.29 is 48.1 Å². The summed E-state index contributed by atoms with van der Waals surface area (Å²) in [5, 5.41) is 24.2. The van der Waals surface area contributed by atoms with Crippen LogP contribution in [0.4, 0.5) is 5.69 Å². The molecule has 400 valence electrons. The monoisotopic (exact) mass is 1010 g/mol. The van der Waals surface area contributed by atoms with E-state index >= 15 is 0 Å². The van der Waals surface area contributed by atoms with Gasteiger partial charge in [-0.25, -0.2) is 4.98 Å². The number of anilines is 1. The lowest BCUT2D eigenvalue weighted by Gasteiger charge is -2.40. The highest BCUT2D eigenvalue weighted by molar-refractivity contribution is 7.09. The van der Waals surface area contributed by atoms with Crippen molar-refractivity contribution in [2.24, 2.45) is 23.0 Å². The van der Waals surface area contributed by atoms with Crippen molar-refractivity contribution in [3.63, 3.8) is 0 Å². The molecule has 6 atom stereocenters. The predicted molar refractivity (Wildman–Crippen MR) is 277 cm³/mol. The standard InChI is InChI=1S/C52H86N8O10S/c1-10-12-13-15-25-60(50(65)46(36(5)11-2)58-48(64)42-17-14-16-24-59(42)9)43(35(3)4)31-44(70-37(6)61)49-57-41(34-71-49)47(63)56-40(32-52(7,8)51(66)67)30-38-18-20-39(21-19-38)55-33-45(62)54-23-27-69-29-28-68-26-22-53/h18-21,34-36,40,42-44,46,55H,10-17,22-33,53H2,1-9H3,(H,54,62)(H,56,63)(H,58,64)(H,66,67)/t36-,40-,42+,43+,44+,46-/m0/s1. The van der Waals surface area contributed by atoms with Crippen molar-refractivity contribution in [3.05, 3.63) is 45.9 Å². The molecule has 2 aromatic rings. The lowest BCUT2D eigenvalue weighted by Crippen LogP contribution is -2.59. The SMILES string of the molecule is CCCCCCN(C(=O)[C@@H](NC(=O)[C@H]1CCCCN1C)[C@@H](C)CC)[C@H](C[C@@H](OC(C)=O)c1nc(C(=O)N[C@@H](Cc2ccc(NCC(=O)NCCOCCOCCN)cc2)CC(C)(C)C(=O)O)cs1)C(C)C. The summed E-state index contributed by atoms with van der Waals surface area (Å²) in [6.45, 7) is 18.5. The van der Waals surface area contributed by atoms with E-state index in [1.807, 2.05) is 63.9 Å². The Hall–Kier alpha value is -4.69. The van der Waals surface area contributed by atoms with Crippen LogP contribution in [0, 0.1) is 17.3 Å². The number of thiazole rings is 1. The Morgan fingerprint density at radius 2 is 1.68 bits per heavy atom. The van der Waals surface area contributed by atoms with Crippen LogP contribution >= 0.6 is 11.3 Å². The van der Waals surface area contributed by atoms with E-state index in [9.17, 15) is 33.9 Å². The number of aliphatic carboxylic acids is 1. The number of ether oxygens (including phenoxy) is 3. The smallest absolute Gasteiger partial charge is 0.309 e. The molecular weight excluding hydrogens is 929 g/mol. The Morgan fingerprint density at radius 3 is 2.30 bits per heavy atom. The maximum absolute atomic E-state index is 15.0. The van der Waals surface area contributed by atoms with Crippen LogP contribution in [0.2, 0.25) is 0 Å². The van der Waals surface area contributed by atoms with Crippen molar-refractivity contribution in [2.45, 2.75) is 156 Å². The molecule has 3 rings (SSSR count). The molecule has 1 saturated heterocycles. The van der Waals surface area contributed by atoms with Crippen molar-refractivity contribution in [1.29, 1.82) is 0 Å². The number of likely N-dealkylation sites (tertiary alicyclic amines) is 1. The molecule has 0 spiro atoms. The number of likely N-dealkylation sites (N-methyl/N-ethyl adjacent to an activating group) is 1. The average molecular weight is 1020 g/mol. The number of piperidine rings is 1. The fourth-order valence-electron chi connectivity index (χ4n) is 8.68. The van der Waals surface area contributed by atoms with Crippen LogP contribution in [0.5, 0.6) is 0 Å². The molecule has 0 unspecified atom stereocenters. The van der Waals surface area contributed by atoms with Gasteiger partial charge in [-0.05, 0) is 89.1 Å². The number of carboxylic acid groups (broad SMARTS) is 1. The zero-order chi connectivity index (χ0) is 52.5. The summed E-state index contributed by atoms with van der Waals surface area (Å²) in [6, 6.07) is 5.26. The summed E-state index contributed by atoms with van der Waals surface area (Å²) >= 11 is 1.17. The second-order valence-corrected chi connectivity index (χ2v) is 20.7. The third-order valence-corrected chi connectivity index (χ3v) is 14.0. The van der Waals surface area contributed by atoms with E-state index in [2.05, 4.69) is 33.1 Å². The highest BCUT2D eigenvalue weighted by Gasteiger charge is 2.39. The van der Waals surface area contributed by atoms with Crippen LogP contribution in [0.3, 0.4) is 0 Å². The molecule has 71 heavy (non-hydrogen) atoms. The Kier molecular flexibility index (Phi) is 27.1. The van der Waals surface area contributed by atoms with Crippen LogP contribution in [0.1, 0.15) is 147 Å². The van der Waals surface area contributed by atoms with Gasteiger partial charge in [-0.2, -0.15) is 0 Å². The molecule has 7 N–H and O–H groups in total. The Balaban J connectivity index is 1.81. The van der Waals surface area contributed by atoms with Gasteiger partial charge in [0.15, 0.2) is 6.10 Å². The molecule has 1 aliphatic heterocycles. The molecule has 0 radical (unpaired) electrons. The number of carbonyl (C=O) groups is 6. The number of nitrogens with zero attached hydrogens (tertiary/aromatic N) is 3. The van der Waals surface area contributed by atoms with Crippen LogP contribution in [0.25, 0.3) is 0 Å². The summed E-state index contributed by atoms with van der Waals surface area (Å²) in [5.74, 6) is -2.79. The predicted octanol–water partition coefficient (Wildman–Crippen LogP) is 5.95. The maximum atomic E-state index is 15.0. The number of rotatable bonds is 34. The van der Waals surface area contributed by atoms with Gasteiger partial charge in [-0.3, -0.25) is 33.7 Å². The van der Waals surface area contributed by atoms with E-state index in [0.717, 1.165) is 57.1 Å². The zero-order valence-corrected chi connectivity index (χ0v) is 44.8. The van der Waals surface area contributed by atoms with Gasteiger partial charge in [0.05, 0.1) is 44.4 Å². The number of unbranched alkanes of at least 4 members (excludes halogenated alkanes) is 3. The van der Waals surface area contributed by atoms with Gasteiger partial charge in [0.25, 0.3) is 5.91 Å². The maximum Gasteiger partial charge on any atom is 0.309 e. The van der Waals surface area contributed by atoms with Crippen molar-refractivity contribution in [3.8, 4) is 0 Å². The third-order valence-electron chi connectivity index (χ3n) is 13.1. The lowest BCUT2D eigenvalue weighted by molar-refractivity contribution is -0.150. The van der Waals surface area contributed by atoms with Crippen LogP contribution in [0.15, 0.2) is 29.6 Å². The van der Waals surface area contributed by atoms with Crippen molar-refractivity contribution in [2.75, 3.05) is 71.5 Å². The molecule has 0 bridgehead atoms. The van der Waals surface area contributed by atoms with Crippen LogP contribution in [-0.2, 0) is 44.6 Å². The number of aromatic nitrogens is 1. The van der Waals surface area contributed by atoms with Gasteiger partial charge in [0.2, 0.25) is 17.7 Å².